The van der Waals surface area contributed by atoms with Crippen molar-refractivity contribution in [3.8, 4) is 0 Å². The number of hydrogen-bond acceptors (Lipinski definition) is 4. The SMILES string of the molecule is CC1CN(CC2Cc3nc[nH]c3CN2)CC(C)(C)O1. The first-order valence-corrected chi connectivity index (χ1v) is 7.16. The predicted octanol–water partition coefficient (Wildman–Crippen LogP) is 0.923. The Hall–Kier alpha value is -0.910. The Morgan fingerprint density at radius 3 is 3.16 bits per heavy atom. The molecule has 106 valence electrons. The highest BCUT2D eigenvalue weighted by atomic mass is 16.5. The van der Waals surface area contributed by atoms with Crippen LogP contribution in [-0.4, -0.2) is 52.2 Å². The summed E-state index contributed by atoms with van der Waals surface area (Å²) in [6, 6.07) is 0.497. The van der Waals surface area contributed by atoms with Gasteiger partial charge in [-0.05, 0) is 20.8 Å². The summed E-state index contributed by atoms with van der Waals surface area (Å²) in [7, 11) is 0. The number of aromatic nitrogens is 2. The van der Waals surface area contributed by atoms with Gasteiger partial charge in [-0.15, -0.1) is 0 Å². The largest absolute Gasteiger partial charge is 0.370 e. The van der Waals surface area contributed by atoms with Crippen LogP contribution in [0.25, 0.3) is 0 Å². The third-order valence-corrected chi connectivity index (χ3v) is 3.93. The van der Waals surface area contributed by atoms with Crippen molar-refractivity contribution >= 4 is 0 Å². The zero-order valence-electron chi connectivity index (χ0n) is 12.1. The molecular formula is C14H24N4O. The van der Waals surface area contributed by atoms with E-state index in [-0.39, 0.29) is 5.60 Å². The van der Waals surface area contributed by atoms with E-state index in [0.29, 0.717) is 12.1 Å². The van der Waals surface area contributed by atoms with E-state index in [1.165, 1.54) is 11.4 Å². The molecule has 2 unspecified atom stereocenters. The van der Waals surface area contributed by atoms with Crippen molar-refractivity contribution in [2.75, 3.05) is 19.6 Å². The zero-order chi connectivity index (χ0) is 13.5. The van der Waals surface area contributed by atoms with Crippen LogP contribution in [0, 0.1) is 0 Å². The Morgan fingerprint density at radius 1 is 1.53 bits per heavy atom. The lowest BCUT2D eigenvalue weighted by Gasteiger charge is -2.43. The van der Waals surface area contributed by atoms with E-state index in [0.717, 1.165) is 32.6 Å². The van der Waals surface area contributed by atoms with Gasteiger partial charge in [0.2, 0.25) is 0 Å². The van der Waals surface area contributed by atoms with Crippen molar-refractivity contribution in [1.29, 1.82) is 0 Å². The Balaban J connectivity index is 1.60. The van der Waals surface area contributed by atoms with E-state index >= 15 is 0 Å². The lowest BCUT2D eigenvalue weighted by atomic mass is 10.0. The van der Waals surface area contributed by atoms with Gasteiger partial charge in [-0.2, -0.15) is 0 Å². The maximum atomic E-state index is 5.96. The molecule has 1 fully saturated rings. The number of fused-ring (bicyclic) bond motifs is 1. The first-order chi connectivity index (χ1) is 9.02. The van der Waals surface area contributed by atoms with Gasteiger partial charge >= 0.3 is 0 Å². The number of nitrogens with zero attached hydrogens (tertiary/aromatic N) is 2. The van der Waals surface area contributed by atoms with Crippen molar-refractivity contribution in [3.63, 3.8) is 0 Å². The third kappa shape index (κ3) is 2.99. The van der Waals surface area contributed by atoms with Crippen LogP contribution in [0.5, 0.6) is 0 Å². The van der Waals surface area contributed by atoms with E-state index in [2.05, 4.69) is 41.0 Å². The molecule has 0 bridgehead atoms. The second-order valence-electron chi connectivity index (χ2n) is 6.49. The van der Waals surface area contributed by atoms with Crippen molar-refractivity contribution in [2.45, 2.75) is 51.5 Å². The lowest BCUT2D eigenvalue weighted by Crippen LogP contribution is -2.55. The van der Waals surface area contributed by atoms with Crippen LogP contribution in [0.15, 0.2) is 6.33 Å². The van der Waals surface area contributed by atoms with Gasteiger partial charge in [0.05, 0.1) is 29.4 Å². The van der Waals surface area contributed by atoms with E-state index < -0.39 is 0 Å². The van der Waals surface area contributed by atoms with Gasteiger partial charge in [0.15, 0.2) is 0 Å². The highest BCUT2D eigenvalue weighted by Crippen LogP contribution is 2.22. The van der Waals surface area contributed by atoms with Crippen LogP contribution in [0.4, 0.5) is 0 Å². The number of hydrogen-bond donors (Lipinski definition) is 2. The van der Waals surface area contributed by atoms with Gasteiger partial charge in [0.25, 0.3) is 0 Å². The first kappa shape index (κ1) is 13.1. The summed E-state index contributed by atoms with van der Waals surface area (Å²) in [6.07, 6.45) is 3.13. The van der Waals surface area contributed by atoms with Crippen molar-refractivity contribution in [3.05, 3.63) is 17.7 Å². The first-order valence-electron chi connectivity index (χ1n) is 7.16. The second-order valence-corrected chi connectivity index (χ2v) is 6.49. The average molecular weight is 264 g/mol. The molecule has 3 rings (SSSR count). The molecule has 5 nitrogen and oxygen atoms in total. The number of H-pyrrole nitrogens is 1. The number of aromatic amines is 1. The monoisotopic (exact) mass is 264 g/mol. The van der Waals surface area contributed by atoms with Crippen LogP contribution in [-0.2, 0) is 17.7 Å². The molecule has 0 radical (unpaired) electrons. The summed E-state index contributed by atoms with van der Waals surface area (Å²) in [6.45, 7) is 10.5. The minimum Gasteiger partial charge on any atom is -0.370 e. The molecule has 0 aromatic carbocycles. The highest BCUT2D eigenvalue weighted by molar-refractivity contribution is 5.16. The Labute approximate surface area is 114 Å². The second kappa shape index (κ2) is 4.89. The number of ether oxygens (including phenoxy) is 1. The number of imidazole rings is 1. The zero-order valence-corrected chi connectivity index (χ0v) is 12.1. The normalized spacial score (nSPS) is 31.1. The van der Waals surface area contributed by atoms with Gasteiger partial charge in [-0.3, -0.25) is 4.90 Å². The van der Waals surface area contributed by atoms with Crippen molar-refractivity contribution in [1.82, 2.24) is 20.2 Å². The standard InChI is InChI=1S/C14H24N4O/c1-10-6-18(8-14(2,3)19-10)7-11-4-12-13(5-15-11)17-9-16-12/h9-11,15H,4-8H2,1-3H3,(H,16,17). The molecule has 0 aliphatic carbocycles. The molecule has 19 heavy (non-hydrogen) atoms. The fourth-order valence-electron chi connectivity index (χ4n) is 3.40. The molecule has 3 heterocycles. The number of morpholine rings is 1. The smallest absolute Gasteiger partial charge is 0.0925 e. The minimum absolute atomic E-state index is 0.0379. The third-order valence-electron chi connectivity index (χ3n) is 3.93. The Kier molecular flexibility index (Phi) is 3.37. The molecule has 2 aliphatic rings. The summed E-state index contributed by atoms with van der Waals surface area (Å²) >= 11 is 0. The van der Waals surface area contributed by atoms with E-state index in [9.17, 15) is 0 Å². The van der Waals surface area contributed by atoms with E-state index in [1.54, 1.807) is 6.33 Å². The van der Waals surface area contributed by atoms with Crippen LogP contribution >= 0.6 is 0 Å². The van der Waals surface area contributed by atoms with E-state index in [1.807, 2.05) is 0 Å². The molecule has 1 aromatic rings. The molecule has 0 spiro atoms. The average Bonchev–Trinajstić information content (AvgIpc) is 2.73. The maximum absolute atomic E-state index is 5.96. The minimum atomic E-state index is -0.0379. The highest BCUT2D eigenvalue weighted by Gasteiger charge is 2.33. The van der Waals surface area contributed by atoms with Crippen LogP contribution in [0.2, 0.25) is 0 Å². The van der Waals surface area contributed by atoms with E-state index in [4.69, 9.17) is 4.74 Å². The molecule has 2 N–H and O–H groups in total. The lowest BCUT2D eigenvalue weighted by molar-refractivity contribution is -0.130. The number of rotatable bonds is 2. The fraction of sp³-hybridized carbons (Fsp3) is 0.786. The molecule has 1 saturated heterocycles. The summed E-state index contributed by atoms with van der Waals surface area (Å²) in [5.74, 6) is 0. The summed E-state index contributed by atoms with van der Waals surface area (Å²) < 4.78 is 5.96. The maximum Gasteiger partial charge on any atom is 0.0925 e. The van der Waals surface area contributed by atoms with Crippen LogP contribution in [0.1, 0.15) is 32.2 Å². The van der Waals surface area contributed by atoms with Gasteiger partial charge in [-0.1, -0.05) is 0 Å². The molecule has 1 aromatic heterocycles. The van der Waals surface area contributed by atoms with Gasteiger partial charge in [-0.25, -0.2) is 4.98 Å². The molecule has 2 aliphatic heterocycles. The molecular weight excluding hydrogens is 240 g/mol. The molecule has 2 atom stereocenters. The number of nitrogens with one attached hydrogen (secondary N) is 2. The topological polar surface area (TPSA) is 53.2 Å². The Morgan fingerprint density at radius 2 is 2.37 bits per heavy atom. The summed E-state index contributed by atoms with van der Waals surface area (Å²) in [5, 5.41) is 3.60. The Bertz CT molecular complexity index is 442. The van der Waals surface area contributed by atoms with Crippen molar-refractivity contribution < 1.29 is 4.74 Å². The summed E-state index contributed by atoms with van der Waals surface area (Å²) in [4.78, 5) is 10.1. The van der Waals surface area contributed by atoms with Crippen LogP contribution in [0.3, 0.4) is 0 Å². The van der Waals surface area contributed by atoms with Gasteiger partial charge in [0, 0.05) is 38.6 Å². The van der Waals surface area contributed by atoms with Gasteiger partial charge in [0.1, 0.15) is 0 Å². The predicted molar refractivity (Wildman–Crippen MR) is 74.0 cm³/mol. The molecule has 0 saturated carbocycles. The quantitative estimate of drug-likeness (QED) is 0.834. The summed E-state index contributed by atoms with van der Waals surface area (Å²) in [5.41, 5.74) is 2.43. The molecule has 0 amide bonds. The fourth-order valence-corrected chi connectivity index (χ4v) is 3.40. The van der Waals surface area contributed by atoms with Gasteiger partial charge < -0.3 is 15.0 Å². The van der Waals surface area contributed by atoms with Crippen molar-refractivity contribution in [2.24, 2.45) is 0 Å². The molecule has 5 heteroatoms. The van der Waals surface area contributed by atoms with Crippen LogP contribution < -0.4 is 5.32 Å².